The first-order chi connectivity index (χ1) is 7.15. The molecule has 1 rings (SSSR count). The molecule has 4 nitrogen and oxygen atoms in total. The summed E-state index contributed by atoms with van der Waals surface area (Å²) in [6, 6.07) is 0. The van der Waals surface area contributed by atoms with Gasteiger partial charge in [0.2, 0.25) is 0 Å². The van der Waals surface area contributed by atoms with Crippen LogP contribution in [0, 0.1) is 6.92 Å². The molecular formula is C11H22N4. The van der Waals surface area contributed by atoms with Crippen LogP contribution in [0.25, 0.3) is 0 Å². The van der Waals surface area contributed by atoms with E-state index in [0.717, 1.165) is 26.2 Å². The number of hydrogen-bond donors (Lipinski definition) is 1. The van der Waals surface area contributed by atoms with E-state index in [-0.39, 0.29) is 0 Å². The second kappa shape index (κ2) is 5.88. The minimum absolute atomic E-state index is 0.910. The van der Waals surface area contributed by atoms with Gasteiger partial charge in [0, 0.05) is 26.2 Å². The van der Waals surface area contributed by atoms with E-state index in [4.69, 9.17) is 0 Å². The second-order valence-electron chi connectivity index (χ2n) is 4.07. The highest BCUT2D eigenvalue weighted by Gasteiger charge is 2.04. The summed E-state index contributed by atoms with van der Waals surface area (Å²) in [5.41, 5.74) is 2.57. The molecule has 0 amide bonds. The summed E-state index contributed by atoms with van der Waals surface area (Å²) in [6.45, 7) is 8.17. The van der Waals surface area contributed by atoms with Crippen molar-refractivity contribution < 1.29 is 0 Å². The van der Waals surface area contributed by atoms with Crippen LogP contribution in [0.15, 0.2) is 6.20 Å². The Hall–Kier alpha value is -0.870. The van der Waals surface area contributed by atoms with Crippen LogP contribution in [0.4, 0.5) is 0 Å². The molecule has 1 N–H and O–H groups in total. The first kappa shape index (κ1) is 12.2. The maximum absolute atomic E-state index is 4.31. The molecule has 0 aliphatic rings. The average Bonchev–Trinajstić information content (AvgIpc) is 2.54. The summed E-state index contributed by atoms with van der Waals surface area (Å²) in [7, 11) is 4.17. The SMILES string of the molecule is CCn1ncc(C)c1CNCCN(C)C. The largest absolute Gasteiger partial charge is 0.310 e. The van der Waals surface area contributed by atoms with Crippen molar-refractivity contribution in [2.45, 2.75) is 26.9 Å². The molecule has 0 fully saturated rings. The third-order valence-corrected chi connectivity index (χ3v) is 2.49. The van der Waals surface area contributed by atoms with Crippen molar-refractivity contribution in [3.05, 3.63) is 17.5 Å². The van der Waals surface area contributed by atoms with Gasteiger partial charge in [0.05, 0.1) is 11.9 Å². The van der Waals surface area contributed by atoms with E-state index in [0.29, 0.717) is 0 Å². The van der Waals surface area contributed by atoms with Gasteiger partial charge in [-0.05, 0) is 33.5 Å². The fraction of sp³-hybridized carbons (Fsp3) is 0.727. The van der Waals surface area contributed by atoms with Gasteiger partial charge in [-0.1, -0.05) is 0 Å². The molecule has 0 aliphatic carbocycles. The third kappa shape index (κ3) is 3.64. The molecule has 0 aromatic carbocycles. The van der Waals surface area contributed by atoms with Gasteiger partial charge in [0.25, 0.3) is 0 Å². The Labute approximate surface area is 92.3 Å². The quantitative estimate of drug-likeness (QED) is 0.707. The van der Waals surface area contributed by atoms with E-state index in [2.05, 4.69) is 47.9 Å². The number of hydrogen-bond acceptors (Lipinski definition) is 3. The lowest BCUT2D eigenvalue weighted by molar-refractivity contribution is 0.397. The van der Waals surface area contributed by atoms with Crippen molar-refractivity contribution in [3.63, 3.8) is 0 Å². The van der Waals surface area contributed by atoms with Crippen molar-refractivity contribution in [3.8, 4) is 0 Å². The second-order valence-corrected chi connectivity index (χ2v) is 4.07. The molecule has 0 radical (unpaired) electrons. The number of nitrogens with zero attached hydrogens (tertiary/aromatic N) is 3. The first-order valence-corrected chi connectivity index (χ1v) is 5.52. The highest BCUT2D eigenvalue weighted by atomic mass is 15.3. The molecule has 15 heavy (non-hydrogen) atoms. The molecule has 86 valence electrons. The van der Waals surface area contributed by atoms with Crippen LogP contribution < -0.4 is 5.32 Å². The highest BCUT2D eigenvalue weighted by molar-refractivity contribution is 5.15. The Balaban J connectivity index is 2.39. The molecular weight excluding hydrogens is 188 g/mol. The topological polar surface area (TPSA) is 33.1 Å². The number of nitrogens with one attached hydrogen (secondary N) is 1. The van der Waals surface area contributed by atoms with Crippen LogP contribution in [-0.4, -0.2) is 41.9 Å². The van der Waals surface area contributed by atoms with Crippen LogP contribution in [0.1, 0.15) is 18.2 Å². The zero-order valence-electron chi connectivity index (χ0n) is 10.2. The first-order valence-electron chi connectivity index (χ1n) is 5.52. The molecule has 1 aromatic rings. The summed E-state index contributed by atoms with van der Waals surface area (Å²) in [4.78, 5) is 2.18. The molecule has 1 aromatic heterocycles. The molecule has 4 heteroatoms. The Kier molecular flexibility index (Phi) is 4.78. The van der Waals surface area contributed by atoms with E-state index < -0.39 is 0 Å². The minimum atomic E-state index is 0.910. The van der Waals surface area contributed by atoms with Gasteiger partial charge in [-0.3, -0.25) is 4.68 Å². The summed E-state index contributed by atoms with van der Waals surface area (Å²) < 4.78 is 2.05. The van der Waals surface area contributed by atoms with Crippen molar-refractivity contribution in [1.29, 1.82) is 0 Å². The van der Waals surface area contributed by atoms with Gasteiger partial charge in [-0.2, -0.15) is 5.10 Å². The summed E-state index contributed by atoms with van der Waals surface area (Å²) in [5.74, 6) is 0. The predicted molar refractivity (Wildman–Crippen MR) is 62.9 cm³/mol. The van der Waals surface area contributed by atoms with Gasteiger partial charge in [0.15, 0.2) is 0 Å². The minimum Gasteiger partial charge on any atom is -0.310 e. The van der Waals surface area contributed by atoms with Gasteiger partial charge in [-0.25, -0.2) is 0 Å². The van der Waals surface area contributed by atoms with Crippen LogP contribution in [0.3, 0.4) is 0 Å². The van der Waals surface area contributed by atoms with Crippen LogP contribution in [-0.2, 0) is 13.1 Å². The molecule has 0 spiro atoms. The summed E-state index contributed by atoms with van der Waals surface area (Å²) >= 11 is 0. The summed E-state index contributed by atoms with van der Waals surface area (Å²) in [6.07, 6.45) is 1.94. The normalized spacial score (nSPS) is 11.3. The molecule has 0 atom stereocenters. The highest BCUT2D eigenvalue weighted by Crippen LogP contribution is 2.06. The number of aromatic nitrogens is 2. The molecule has 0 saturated heterocycles. The average molecular weight is 210 g/mol. The Morgan fingerprint density at radius 1 is 1.47 bits per heavy atom. The van der Waals surface area contributed by atoms with E-state index in [1.165, 1.54) is 11.3 Å². The zero-order valence-corrected chi connectivity index (χ0v) is 10.2. The lowest BCUT2D eigenvalue weighted by atomic mass is 10.2. The number of rotatable bonds is 6. The maximum Gasteiger partial charge on any atom is 0.0551 e. The fourth-order valence-corrected chi connectivity index (χ4v) is 1.52. The van der Waals surface area contributed by atoms with Crippen molar-refractivity contribution in [1.82, 2.24) is 20.0 Å². The smallest absolute Gasteiger partial charge is 0.0551 e. The van der Waals surface area contributed by atoms with Gasteiger partial charge in [0.1, 0.15) is 0 Å². The Morgan fingerprint density at radius 3 is 2.80 bits per heavy atom. The molecule has 1 heterocycles. The van der Waals surface area contributed by atoms with E-state index >= 15 is 0 Å². The molecule has 0 saturated carbocycles. The van der Waals surface area contributed by atoms with Crippen LogP contribution >= 0.6 is 0 Å². The van der Waals surface area contributed by atoms with E-state index in [9.17, 15) is 0 Å². The molecule has 0 bridgehead atoms. The fourth-order valence-electron chi connectivity index (χ4n) is 1.52. The van der Waals surface area contributed by atoms with E-state index in [1.54, 1.807) is 0 Å². The van der Waals surface area contributed by atoms with Gasteiger partial charge >= 0.3 is 0 Å². The lowest BCUT2D eigenvalue weighted by Gasteiger charge is -2.11. The third-order valence-electron chi connectivity index (χ3n) is 2.49. The standard InChI is InChI=1S/C11H22N4/c1-5-15-11(10(2)8-13-15)9-12-6-7-14(3)4/h8,12H,5-7,9H2,1-4H3. The van der Waals surface area contributed by atoms with Gasteiger partial charge in [-0.15, -0.1) is 0 Å². The van der Waals surface area contributed by atoms with Crippen molar-refractivity contribution in [2.24, 2.45) is 0 Å². The lowest BCUT2D eigenvalue weighted by Crippen LogP contribution is -2.27. The van der Waals surface area contributed by atoms with Crippen molar-refractivity contribution >= 4 is 0 Å². The van der Waals surface area contributed by atoms with E-state index in [1.807, 2.05) is 6.20 Å². The maximum atomic E-state index is 4.31. The van der Waals surface area contributed by atoms with Gasteiger partial charge < -0.3 is 10.2 Å². The monoisotopic (exact) mass is 210 g/mol. The zero-order chi connectivity index (χ0) is 11.3. The molecule has 0 unspecified atom stereocenters. The van der Waals surface area contributed by atoms with Crippen molar-refractivity contribution in [2.75, 3.05) is 27.2 Å². The predicted octanol–water partition coefficient (Wildman–Crippen LogP) is 0.863. The number of likely N-dealkylation sites (N-methyl/N-ethyl adjacent to an activating group) is 1. The summed E-state index contributed by atoms with van der Waals surface area (Å²) in [5, 5.41) is 7.75. The Morgan fingerprint density at radius 2 is 2.20 bits per heavy atom. The van der Waals surface area contributed by atoms with Crippen LogP contribution in [0.5, 0.6) is 0 Å². The van der Waals surface area contributed by atoms with Crippen LogP contribution in [0.2, 0.25) is 0 Å². The Bertz CT molecular complexity index is 291. The molecule has 0 aliphatic heterocycles. The number of aryl methyl sites for hydroxylation is 2.